The van der Waals surface area contributed by atoms with Crippen molar-refractivity contribution in [1.29, 1.82) is 0 Å². The molecule has 4 aromatic rings. The van der Waals surface area contributed by atoms with Gasteiger partial charge < -0.3 is 10.3 Å². The van der Waals surface area contributed by atoms with Crippen LogP contribution in [-0.2, 0) is 12.7 Å². The van der Waals surface area contributed by atoms with Crippen molar-refractivity contribution in [2.75, 3.05) is 6.54 Å². The molecule has 5 rings (SSSR count). The molecule has 0 radical (unpaired) electrons. The highest BCUT2D eigenvalue weighted by molar-refractivity contribution is 6.08. The number of H-pyrrole nitrogens is 1. The number of aromatic nitrogens is 5. The number of pyridine rings is 1. The number of hydrogen-bond donors (Lipinski definition) is 2. The monoisotopic (exact) mass is 390 g/mol. The molecule has 0 atom stereocenters. The highest BCUT2D eigenvalue weighted by Gasteiger charge is 2.29. The topological polar surface area (TPSA) is 88.0 Å². The minimum Gasteiger partial charge on any atom is -0.351 e. The molecule has 9 heteroatoms. The van der Waals surface area contributed by atoms with E-state index in [0.717, 1.165) is 30.5 Å². The van der Waals surface area contributed by atoms with Gasteiger partial charge in [-0.3, -0.25) is 9.20 Å². The number of imidazole rings is 1. The van der Waals surface area contributed by atoms with Gasteiger partial charge in [0.05, 0.1) is 16.6 Å². The molecule has 3 heterocycles. The Balaban J connectivity index is 1.34. The summed E-state index contributed by atoms with van der Waals surface area (Å²) < 4.78 is 15.3. The molecule has 1 aliphatic carbocycles. The van der Waals surface area contributed by atoms with Crippen molar-refractivity contribution in [2.45, 2.75) is 31.5 Å². The van der Waals surface area contributed by atoms with E-state index in [1.54, 1.807) is 6.07 Å². The lowest BCUT2D eigenvalue weighted by atomic mass is 9.97. The maximum absolute atomic E-state index is 13.3. The number of benzene rings is 1. The van der Waals surface area contributed by atoms with E-state index in [-0.39, 0.29) is 11.7 Å². The van der Waals surface area contributed by atoms with Gasteiger partial charge in [0.1, 0.15) is 25.3 Å². The Kier molecular flexibility index (Phi) is 4.30. The van der Waals surface area contributed by atoms with Gasteiger partial charge in [-0.2, -0.15) is 0 Å². The highest BCUT2D eigenvalue weighted by Crippen LogP contribution is 2.39. The molecule has 0 unspecified atom stereocenters. The van der Waals surface area contributed by atoms with Crippen LogP contribution in [0.3, 0.4) is 0 Å². The fourth-order valence-electron chi connectivity index (χ4n) is 3.59. The summed E-state index contributed by atoms with van der Waals surface area (Å²) in [6.07, 6.45) is 5.63. The summed E-state index contributed by atoms with van der Waals surface area (Å²) in [5, 5.41) is 11.5. The van der Waals surface area contributed by atoms with Crippen LogP contribution in [0, 0.1) is 5.82 Å². The Morgan fingerprint density at radius 3 is 2.97 bits per heavy atom. The zero-order valence-corrected chi connectivity index (χ0v) is 16.1. The zero-order valence-electron chi connectivity index (χ0n) is 16.1. The van der Waals surface area contributed by atoms with Crippen LogP contribution in [0.1, 0.15) is 46.3 Å². The Morgan fingerprint density at radius 1 is 1.31 bits per heavy atom. The molecule has 1 fully saturated rings. The number of amides is 1. The normalized spacial score (nSPS) is 14.0. The van der Waals surface area contributed by atoms with Crippen molar-refractivity contribution in [3.63, 3.8) is 0 Å². The number of halogens is 1. The lowest BCUT2D eigenvalue weighted by Gasteiger charge is -2.08. The van der Waals surface area contributed by atoms with Crippen molar-refractivity contribution < 1.29 is 9.18 Å². The van der Waals surface area contributed by atoms with Crippen LogP contribution in [0.15, 0.2) is 30.5 Å². The fraction of sp³-hybridized carbons (Fsp3) is 0.300. The molecule has 0 aliphatic heterocycles. The van der Waals surface area contributed by atoms with Crippen LogP contribution >= 0.6 is 0 Å². The van der Waals surface area contributed by atoms with Gasteiger partial charge in [0, 0.05) is 25.1 Å². The zero-order chi connectivity index (χ0) is 20.0. The van der Waals surface area contributed by atoms with Crippen LogP contribution < -0.4 is 5.32 Å². The third-order valence-corrected chi connectivity index (χ3v) is 5.32. The van der Waals surface area contributed by atoms with Gasteiger partial charge in [-0.1, -0.05) is 6.32 Å². The Labute approximate surface area is 167 Å². The number of nitrogens with one attached hydrogen (secondary N) is 2. The predicted molar refractivity (Wildman–Crippen MR) is 109 cm³/mol. The molecular weight excluding hydrogens is 370 g/mol. The summed E-state index contributed by atoms with van der Waals surface area (Å²) in [5.41, 5.74) is 3.57. The van der Waals surface area contributed by atoms with E-state index < -0.39 is 0 Å². The number of rotatable bonds is 6. The second-order valence-corrected chi connectivity index (χ2v) is 7.49. The predicted octanol–water partition coefficient (Wildman–Crippen LogP) is 1.73. The molecule has 2 N–H and O–H groups in total. The Bertz CT molecular complexity index is 1230. The van der Waals surface area contributed by atoms with Crippen molar-refractivity contribution in [3.05, 3.63) is 59.1 Å². The molecule has 3 aromatic heterocycles. The van der Waals surface area contributed by atoms with Crippen molar-refractivity contribution in [1.82, 2.24) is 29.9 Å². The molecule has 7 nitrogen and oxygen atoms in total. The largest absolute Gasteiger partial charge is 0.351 e. The van der Waals surface area contributed by atoms with Crippen LogP contribution in [-0.4, -0.2) is 44.9 Å². The van der Waals surface area contributed by atoms with E-state index >= 15 is 0 Å². The van der Waals surface area contributed by atoms with E-state index in [9.17, 15) is 9.18 Å². The van der Waals surface area contributed by atoms with Crippen LogP contribution in [0.4, 0.5) is 4.39 Å². The number of nitrogens with zero attached hydrogens (tertiary/aromatic N) is 4. The third kappa shape index (κ3) is 3.37. The Hall–Kier alpha value is -3.23. The van der Waals surface area contributed by atoms with Gasteiger partial charge in [0.2, 0.25) is 0 Å². The number of carbonyl (C=O) groups is 1. The summed E-state index contributed by atoms with van der Waals surface area (Å²) >= 11 is 0. The van der Waals surface area contributed by atoms with Crippen molar-refractivity contribution in [3.8, 4) is 0 Å². The van der Waals surface area contributed by atoms with Crippen molar-refractivity contribution in [2.24, 2.45) is 0 Å². The van der Waals surface area contributed by atoms with Crippen LogP contribution in [0.2, 0.25) is 0 Å². The molecule has 1 aliphatic rings. The maximum atomic E-state index is 13.3. The molecule has 1 amide bonds. The summed E-state index contributed by atoms with van der Waals surface area (Å²) in [5.74, 6) is 1.61. The fourth-order valence-corrected chi connectivity index (χ4v) is 3.59. The SMILES string of the molecule is BCc1cc(C(=O)NCCc2nc3ccc(F)cc3[nH]2)c2nnc(C3CC3)n2c1. The van der Waals surface area contributed by atoms with Crippen molar-refractivity contribution >= 4 is 30.4 Å². The van der Waals surface area contributed by atoms with Gasteiger partial charge in [0.15, 0.2) is 5.65 Å². The van der Waals surface area contributed by atoms with E-state index in [1.165, 1.54) is 12.1 Å². The summed E-state index contributed by atoms with van der Waals surface area (Å²) in [7, 11) is 2.06. The lowest BCUT2D eigenvalue weighted by molar-refractivity contribution is 0.0955. The van der Waals surface area contributed by atoms with Crippen LogP contribution in [0.5, 0.6) is 0 Å². The van der Waals surface area contributed by atoms with Gasteiger partial charge in [-0.05, 0) is 42.7 Å². The first-order chi connectivity index (χ1) is 14.1. The van der Waals surface area contributed by atoms with Gasteiger partial charge in [-0.15, -0.1) is 10.2 Å². The van der Waals surface area contributed by atoms with Gasteiger partial charge >= 0.3 is 0 Å². The Morgan fingerprint density at radius 2 is 2.17 bits per heavy atom. The first-order valence-electron chi connectivity index (χ1n) is 9.92. The number of carbonyl (C=O) groups excluding carboxylic acids is 1. The molecule has 1 aromatic carbocycles. The summed E-state index contributed by atoms with van der Waals surface area (Å²) in [6.45, 7) is 0.410. The number of hydrogen-bond acceptors (Lipinski definition) is 4. The standard InChI is InChI=1S/C20H20BFN6O/c21-9-11-7-14(19-27-26-18(12-1-2-12)28(19)10-11)20(29)23-6-5-17-24-15-4-3-13(22)8-16(15)25-17/h3-4,7-8,10,12H,1-2,5-6,9,21H2,(H,23,29)(H,24,25). The average Bonchev–Trinajstić information content (AvgIpc) is 3.34. The first kappa shape index (κ1) is 17.8. The minimum atomic E-state index is -0.306. The highest BCUT2D eigenvalue weighted by atomic mass is 19.1. The third-order valence-electron chi connectivity index (χ3n) is 5.32. The second-order valence-electron chi connectivity index (χ2n) is 7.49. The first-order valence-corrected chi connectivity index (χ1v) is 9.92. The quantitative estimate of drug-likeness (QED) is 0.491. The molecular formula is C20H20BFN6O. The van der Waals surface area contributed by atoms with E-state index in [1.807, 2.05) is 16.7 Å². The van der Waals surface area contributed by atoms with Gasteiger partial charge in [0.25, 0.3) is 5.91 Å². The molecule has 0 spiro atoms. The molecule has 0 saturated heterocycles. The number of fused-ring (bicyclic) bond motifs is 2. The lowest BCUT2D eigenvalue weighted by Crippen LogP contribution is -2.26. The maximum Gasteiger partial charge on any atom is 0.255 e. The van der Waals surface area contributed by atoms with E-state index in [2.05, 4.69) is 33.3 Å². The smallest absolute Gasteiger partial charge is 0.255 e. The van der Waals surface area contributed by atoms with E-state index in [4.69, 9.17) is 0 Å². The summed E-state index contributed by atoms with van der Waals surface area (Å²) in [6, 6.07) is 6.33. The van der Waals surface area contributed by atoms with Crippen LogP contribution in [0.25, 0.3) is 16.7 Å². The summed E-state index contributed by atoms with van der Waals surface area (Å²) in [4.78, 5) is 20.4. The molecule has 0 bridgehead atoms. The average molecular weight is 390 g/mol. The minimum absolute atomic E-state index is 0.179. The van der Waals surface area contributed by atoms with E-state index in [0.29, 0.717) is 47.0 Å². The number of aromatic amines is 1. The molecule has 1 saturated carbocycles. The van der Waals surface area contributed by atoms with Gasteiger partial charge in [-0.25, -0.2) is 9.37 Å². The molecule has 29 heavy (non-hydrogen) atoms. The second kappa shape index (κ2) is 6.99. The molecule has 146 valence electrons.